The highest BCUT2D eigenvalue weighted by atomic mass is 19.3. The lowest BCUT2D eigenvalue weighted by molar-refractivity contribution is 0.00558. The number of aromatic nitrogens is 4. The van der Waals surface area contributed by atoms with Crippen LogP contribution in [-0.2, 0) is 5.92 Å². The predicted octanol–water partition coefficient (Wildman–Crippen LogP) is 3.70. The summed E-state index contributed by atoms with van der Waals surface area (Å²) < 4.78 is 60.1. The van der Waals surface area contributed by atoms with E-state index in [2.05, 4.69) is 20.1 Å². The van der Waals surface area contributed by atoms with Crippen molar-refractivity contribution in [3.8, 4) is 0 Å². The second kappa shape index (κ2) is 11.2. The molecule has 2 fully saturated rings. The van der Waals surface area contributed by atoms with Gasteiger partial charge < -0.3 is 25.0 Å². The molecule has 0 spiro atoms. The van der Waals surface area contributed by atoms with E-state index in [1.807, 2.05) is 13.8 Å². The van der Waals surface area contributed by atoms with Gasteiger partial charge in [0.05, 0.1) is 5.56 Å². The number of rotatable bonds is 7. The number of nitrogens with two attached hydrogens (primary N) is 1. The predicted molar refractivity (Wildman–Crippen MR) is 142 cm³/mol. The fraction of sp³-hybridized carbons (Fsp3) is 0.519. The molecule has 2 N–H and O–H groups in total. The van der Waals surface area contributed by atoms with Crippen LogP contribution >= 0.6 is 0 Å². The van der Waals surface area contributed by atoms with Crippen molar-refractivity contribution < 1.29 is 26.9 Å². The molecule has 0 aliphatic carbocycles. The maximum absolute atomic E-state index is 14.4. The van der Waals surface area contributed by atoms with Crippen LogP contribution in [0.15, 0.2) is 35.1 Å². The van der Waals surface area contributed by atoms with E-state index in [0.29, 0.717) is 57.5 Å². The lowest BCUT2D eigenvalue weighted by Gasteiger charge is -2.40. The molecule has 1 aromatic carbocycles. The maximum atomic E-state index is 14.4. The monoisotopic (exact) mass is 576 g/mol. The van der Waals surface area contributed by atoms with Crippen LogP contribution in [0.25, 0.3) is 0 Å². The molecule has 3 aromatic rings. The van der Waals surface area contributed by atoms with Gasteiger partial charge >= 0.3 is 11.9 Å². The first-order chi connectivity index (χ1) is 19.4. The minimum atomic E-state index is -3.19. The smallest absolute Gasteiger partial charge is 0.324 e. The highest BCUT2D eigenvalue weighted by Crippen LogP contribution is 2.31. The zero-order chi connectivity index (χ0) is 29.5. The van der Waals surface area contributed by atoms with Gasteiger partial charge in [-0.15, -0.1) is 0 Å². The summed E-state index contributed by atoms with van der Waals surface area (Å²) in [7, 11) is 0. The van der Waals surface area contributed by atoms with E-state index in [0.717, 1.165) is 12.1 Å². The molecule has 220 valence electrons. The molecule has 41 heavy (non-hydrogen) atoms. The number of nitrogens with zero attached hydrogens (tertiary/aromatic N) is 7. The van der Waals surface area contributed by atoms with E-state index in [4.69, 9.17) is 10.3 Å². The highest BCUT2D eigenvalue weighted by Gasteiger charge is 2.36. The third-order valence-corrected chi connectivity index (χ3v) is 7.62. The number of hydrogen-bond donors (Lipinski definition) is 1. The fourth-order valence-electron chi connectivity index (χ4n) is 5.54. The van der Waals surface area contributed by atoms with Gasteiger partial charge in [-0.3, -0.25) is 4.79 Å². The highest BCUT2D eigenvalue weighted by molar-refractivity contribution is 5.94. The minimum Gasteiger partial charge on any atom is -0.339 e. The zero-order valence-electron chi connectivity index (χ0n) is 23.0. The van der Waals surface area contributed by atoms with Crippen LogP contribution in [0.1, 0.15) is 61.3 Å². The van der Waals surface area contributed by atoms with E-state index in [1.54, 1.807) is 14.7 Å². The van der Waals surface area contributed by atoms with Gasteiger partial charge in [0.2, 0.25) is 11.8 Å². The summed E-state index contributed by atoms with van der Waals surface area (Å²) in [5.41, 5.74) is 6.79. The van der Waals surface area contributed by atoms with Gasteiger partial charge in [-0.05, 0) is 50.5 Å². The molecular weight excluding hydrogens is 544 g/mol. The number of carbonyl (C=O) groups excluding carboxylic acids is 1. The van der Waals surface area contributed by atoms with Crippen LogP contribution in [0.2, 0.25) is 0 Å². The molecular formula is C27H32F4N8O2. The topological polar surface area (TPSA) is 118 Å². The Morgan fingerprint density at radius 2 is 1.80 bits per heavy atom. The average molecular weight is 577 g/mol. The molecule has 2 aromatic heterocycles. The molecule has 2 aliphatic rings. The van der Waals surface area contributed by atoms with Gasteiger partial charge in [0.15, 0.2) is 0 Å². The summed E-state index contributed by atoms with van der Waals surface area (Å²) in [6, 6.07) is 2.69. The SMILES string of the molecule is CC(C)N(C(=O)c1cnc(N2C[C@H](c3cc(F)ccc3F)[C@@H](N)C2)nc1)C1CCN(c2nc(C(C)(F)F)no2)CC1. The first-order valence-electron chi connectivity index (χ1n) is 13.5. The summed E-state index contributed by atoms with van der Waals surface area (Å²) in [4.78, 5) is 31.5. The standard InChI is InChI=1S/C27H32F4N8O2/c1-15(2)39(18-6-8-37(9-7-18)26-35-24(36-41-26)27(3,30)31)23(40)16-11-33-25(34-12-16)38-13-20(22(32)14-38)19-10-17(28)4-5-21(19)29/h4-5,10-12,15,18,20,22H,6-9,13-14,32H2,1-3H3/t20-,22+/m1/s1. The van der Waals surface area contributed by atoms with Crippen molar-refractivity contribution >= 4 is 17.9 Å². The normalized spacial score (nSPS) is 20.2. The van der Waals surface area contributed by atoms with Crippen molar-refractivity contribution in [1.29, 1.82) is 0 Å². The number of alkyl halides is 2. The molecule has 2 atom stereocenters. The first kappa shape index (κ1) is 28.7. The Kier molecular flexibility index (Phi) is 7.86. The van der Waals surface area contributed by atoms with E-state index in [-0.39, 0.29) is 29.6 Å². The van der Waals surface area contributed by atoms with E-state index >= 15 is 0 Å². The second-order valence-corrected chi connectivity index (χ2v) is 10.9. The molecule has 0 bridgehead atoms. The average Bonchev–Trinajstić information content (AvgIpc) is 3.58. The van der Waals surface area contributed by atoms with E-state index in [9.17, 15) is 22.4 Å². The number of halogens is 4. The Hall–Kier alpha value is -3.81. The van der Waals surface area contributed by atoms with Gasteiger partial charge in [0.25, 0.3) is 5.91 Å². The van der Waals surface area contributed by atoms with Crippen molar-refractivity contribution in [3.63, 3.8) is 0 Å². The molecule has 2 saturated heterocycles. The number of benzene rings is 1. The molecule has 10 nitrogen and oxygen atoms in total. The molecule has 1 amide bonds. The number of amides is 1. The molecule has 0 saturated carbocycles. The van der Waals surface area contributed by atoms with Gasteiger partial charge in [-0.1, -0.05) is 5.16 Å². The van der Waals surface area contributed by atoms with Crippen LogP contribution in [0.5, 0.6) is 0 Å². The third-order valence-electron chi connectivity index (χ3n) is 7.62. The first-order valence-corrected chi connectivity index (χ1v) is 13.5. The number of piperidine rings is 1. The summed E-state index contributed by atoms with van der Waals surface area (Å²) in [6.45, 7) is 6.12. The van der Waals surface area contributed by atoms with Crippen LogP contribution in [0.4, 0.5) is 29.5 Å². The van der Waals surface area contributed by atoms with Crippen molar-refractivity contribution in [3.05, 3.63) is 59.2 Å². The fourth-order valence-corrected chi connectivity index (χ4v) is 5.54. The molecule has 4 heterocycles. The molecule has 5 rings (SSSR count). The lowest BCUT2D eigenvalue weighted by atomic mass is 9.94. The van der Waals surface area contributed by atoms with Crippen molar-refractivity contribution in [2.45, 2.75) is 63.6 Å². The summed E-state index contributed by atoms with van der Waals surface area (Å²) in [5.74, 6) is -5.22. The Morgan fingerprint density at radius 1 is 1.12 bits per heavy atom. The van der Waals surface area contributed by atoms with Crippen molar-refractivity contribution in [1.82, 2.24) is 25.0 Å². The number of anilines is 2. The Bertz CT molecular complexity index is 1370. The van der Waals surface area contributed by atoms with Crippen LogP contribution in [0, 0.1) is 11.6 Å². The third kappa shape index (κ3) is 5.97. The van der Waals surface area contributed by atoms with E-state index in [1.165, 1.54) is 18.5 Å². The Balaban J connectivity index is 1.23. The van der Waals surface area contributed by atoms with Crippen LogP contribution in [-0.4, -0.2) is 75.2 Å². The molecule has 14 heteroatoms. The quantitative estimate of drug-likeness (QED) is 0.420. The lowest BCUT2D eigenvalue weighted by Crippen LogP contribution is -2.50. The Morgan fingerprint density at radius 3 is 2.41 bits per heavy atom. The minimum absolute atomic E-state index is 0.0374. The molecule has 0 unspecified atom stereocenters. The molecule has 2 aliphatic heterocycles. The van der Waals surface area contributed by atoms with Gasteiger partial charge in [-0.2, -0.15) is 13.8 Å². The largest absolute Gasteiger partial charge is 0.339 e. The van der Waals surface area contributed by atoms with E-state index < -0.39 is 35.3 Å². The van der Waals surface area contributed by atoms with Crippen LogP contribution < -0.4 is 15.5 Å². The zero-order valence-corrected chi connectivity index (χ0v) is 23.0. The summed E-state index contributed by atoms with van der Waals surface area (Å²) in [5, 5.41) is 3.38. The Labute approximate surface area is 234 Å². The summed E-state index contributed by atoms with van der Waals surface area (Å²) >= 11 is 0. The maximum Gasteiger partial charge on any atom is 0.324 e. The molecule has 0 radical (unpaired) electrons. The number of hydrogen-bond acceptors (Lipinski definition) is 9. The van der Waals surface area contributed by atoms with Gasteiger partial charge in [0.1, 0.15) is 11.6 Å². The van der Waals surface area contributed by atoms with Crippen molar-refractivity contribution in [2.75, 3.05) is 36.0 Å². The number of carbonyl (C=O) groups is 1. The summed E-state index contributed by atoms with van der Waals surface area (Å²) in [6.07, 6.45) is 4.07. The second-order valence-electron chi connectivity index (χ2n) is 10.9. The van der Waals surface area contributed by atoms with Crippen molar-refractivity contribution in [2.24, 2.45) is 5.73 Å². The van der Waals surface area contributed by atoms with Gasteiger partial charge in [-0.25, -0.2) is 18.7 Å². The van der Waals surface area contributed by atoms with Crippen LogP contribution in [0.3, 0.4) is 0 Å². The van der Waals surface area contributed by atoms with Gasteiger partial charge in [0, 0.05) is 69.5 Å².